The first-order chi connectivity index (χ1) is 13.3. The number of anilines is 2. The lowest BCUT2D eigenvalue weighted by Crippen LogP contribution is -2.29. The fourth-order valence-corrected chi connectivity index (χ4v) is 3.72. The Balaban J connectivity index is 1.71. The third-order valence-electron chi connectivity index (χ3n) is 4.55. The van der Waals surface area contributed by atoms with Gasteiger partial charge in [-0.05, 0) is 60.7 Å². The highest BCUT2D eigenvalue weighted by Crippen LogP contribution is 2.26. The quantitative estimate of drug-likeness (QED) is 0.554. The van der Waals surface area contributed by atoms with Crippen LogP contribution in [0.15, 0.2) is 47.7 Å². The van der Waals surface area contributed by atoms with Crippen LogP contribution in [0.2, 0.25) is 0 Å². The molecular weight excluding hydrogens is 476 g/mol. The van der Waals surface area contributed by atoms with Gasteiger partial charge in [0.05, 0.1) is 36.1 Å². The molecule has 1 saturated heterocycles. The lowest BCUT2D eigenvalue weighted by atomic mass is 10.2. The Labute approximate surface area is 174 Å². The van der Waals surface area contributed by atoms with Gasteiger partial charge < -0.3 is 19.4 Å². The number of rotatable bonds is 4. The molecule has 28 heavy (non-hydrogen) atoms. The van der Waals surface area contributed by atoms with Gasteiger partial charge in [-0.25, -0.2) is 4.39 Å². The number of nitrogens with one attached hydrogen (secondary N) is 1. The Morgan fingerprint density at radius 3 is 2.86 bits per heavy atom. The molecule has 0 amide bonds. The summed E-state index contributed by atoms with van der Waals surface area (Å²) in [4.78, 5) is 17.3. The third-order valence-corrected chi connectivity index (χ3v) is 5.22. The molecule has 4 rings (SSSR count). The number of benzene rings is 1. The first kappa shape index (κ1) is 19.3. The molecule has 1 aromatic carbocycles. The van der Waals surface area contributed by atoms with Crippen molar-refractivity contribution in [2.24, 2.45) is 0 Å². The molecule has 146 valence electrons. The lowest BCUT2D eigenvalue weighted by molar-refractivity contribution is -0.139. The fourth-order valence-electron chi connectivity index (χ4n) is 3.27. The molecule has 3 aromatic rings. The van der Waals surface area contributed by atoms with Crippen molar-refractivity contribution in [1.29, 1.82) is 0 Å². The van der Waals surface area contributed by atoms with Crippen LogP contribution in [-0.4, -0.2) is 28.0 Å². The summed E-state index contributed by atoms with van der Waals surface area (Å²) in [5, 5.41) is 4.14. The average molecular weight is 495 g/mol. The predicted molar refractivity (Wildman–Crippen MR) is 113 cm³/mol. The highest BCUT2D eigenvalue weighted by molar-refractivity contribution is 14.1. The number of nitrogens with zero attached hydrogens (tertiary/aromatic N) is 2. The Kier molecular flexibility index (Phi) is 5.11. The van der Waals surface area contributed by atoms with Crippen molar-refractivity contribution >= 4 is 44.7 Å². The van der Waals surface area contributed by atoms with Crippen LogP contribution < -0.4 is 10.9 Å². The number of pyridine rings is 2. The smallest absolute Gasteiger partial charge is 0.260 e. The molecule has 1 fully saturated rings. The van der Waals surface area contributed by atoms with E-state index in [1.54, 1.807) is 29.1 Å². The molecule has 0 bridgehead atoms. The first-order valence-corrected chi connectivity index (χ1v) is 9.91. The first-order valence-electron chi connectivity index (χ1n) is 8.83. The van der Waals surface area contributed by atoms with Crippen molar-refractivity contribution < 1.29 is 13.9 Å². The number of hydrogen-bond acceptors (Lipinski definition) is 5. The summed E-state index contributed by atoms with van der Waals surface area (Å²) in [6, 6.07) is 6.68. The minimum absolute atomic E-state index is 0.193. The summed E-state index contributed by atoms with van der Waals surface area (Å²) in [6.45, 7) is 4.49. The molecule has 1 atom stereocenters. The standard InChI is InChI=1S/C20H19FIN3O3/c1-20(2)27-11-14(28-20)10-25-6-5-12-8-23-9-17(18(12)19(25)26)24-16-4-3-13(22)7-15(16)21/h3-9,14,24H,10-11H2,1-2H3/t14-/m1/s1. The number of fused-ring (bicyclic) bond motifs is 1. The van der Waals surface area contributed by atoms with Gasteiger partial charge in [0.15, 0.2) is 5.79 Å². The van der Waals surface area contributed by atoms with E-state index in [-0.39, 0.29) is 17.5 Å². The van der Waals surface area contributed by atoms with Gasteiger partial charge in [-0.15, -0.1) is 0 Å². The minimum Gasteiger partial charge on any atom is -0.351 e. The summed E-state index contributed by atoms with van der Waals surface area (Å²) in [6.07, 6.45) is 4.66. The van der Waals surface area contributed by atoms with E-state index in [0.717, 1.165) is 3.57 Å². The largest absolute Gasteiger partial charge is 0.351 e. The molecule has 0 aliphatic carbocycles. The van der Waals surface area contributed by atoms with Crippen molar-refractivity contribution in [2.45, 2.75) is 32.3 Å². The molecule has 3 heterocycles. The van der Waals surface area contributed by atoms with Crippen molar-refractivity contribution in [3.8, 4) is 0 Å². The maximum Gasteiger partial charge on any atom is 0.260 e. The van der Waals surface area contributed by atoms with Crippen LogP contribution >= 0.6 is 22.6 Å². The van der Waals surface area contributed by atoms with E-state index in [1.165, 1.54) is 12.3 Å². The van der Waals surface area contributed by atoms with Gasteiger partial charge >= 0.3 is 0 Å². The average Bonchev–Trinajstić information content (AvgIpc) is 2.98. The fraction of sp³-hybridized carbons (Fsp3) is 0.300. The Bertz CT molecular complexity index is 1100. The minimum atomic E-state index is -0.649. The van der Waals surface area contributed by atoms with Gasteiger partial charge in [0.1, 0.15) is 11.9 Å². The van der Waals surface area contributed by atoms with Gasteiger partial charge in [-0.1, -0.05) is 0 Å². The van der Waals surface area contributed by atoms with E-state index < -0.39 is 5.79 Å². The summed E-state index contributed by atoms with van der Waals surface area (Å²) < 4.78 is 28.0. The summed E-state index contributed by atoms with van der Waals surface area (Å²) in [5.74, 6) is -1.04. The molecule has 1 aliphatic heterocycles. The third kappa shape index (κ3) is 3.89. The van der Waals surface area contributed by atoms with Gasteiger partial charge in [0.2, 0.25) is 0 Å². The summed E-state index contributed by atoms with van der Waals surface area (Å²) in [5.41, 5.74) is 0.557. The van der Waals surface area contributed by atoms with E-state index >= 15 is 0 Å². The zero-order valence-corrected chi connectivity index (χ0v) is 17.6. The number of aromatic nitrogens is 2. The molecule has 0 unspecified atom stereocenters. The van der Waals surface area contributed by atoms with E-state index in [0.29, 0.717) is 35.3 Å². The molecule has 1 aliphatic rings. The highest BCUT2D eigenvalue weighted by atomic mass is 127. The lowest BCUT2D eigenvalue weighted by Gasteiger charge is -2.18. The molecule has 6 nitrogen and oxygen atoms in total. The molecular formula is C20H19FIN3O3. The van der Waals surface area contributed by atoms with Crippen molar-refractivity contribution in [3.05, 3.63) is 62.6 Å². The summed E-state index contributed by atoms with van der Waals surface area (Å²) in [7, 11) is 0. The Morgan fingerprint density at radius 1 is 1.32 bits per heavy atom. The van der Waals surface area contributed by atoms with Crippen LogP contribution in [0.25, 0.3) is 10.8 Å². The van der Waals surface area contributed by atoms with Crippen LogP contribution in [0.5, 0.6) is 0 Å². The molecule has 0 radical (unpaired) electrons. The number of hydrogen-bond donors (Lipinski definition) is 1. The maximum absolute atomic E-state index is 14.3. The molecule has 0 saturated carbocycles. The predicted octanol–water partition coefficient (Wildman–Crippen LogP) is 4.04. The second-order valence-corrected chi connectivity index (χ2v) is 8.37. The second-order valence-electron chi connectivity index (χ2n) is 7.12. The van der Waals surface area contributed by atoms with E-state index in [1.807, 2.05) is 42.5 Å². The highest BCUT2D eigenvalue weighted by Gasteiger charge is 2.32. The van der Waals surface area contributed by atoms with E-state index in [2.05, 4.69) is 10.3 Å². The Hall–Kier alpha value is -2.04. The van der Waals surface area contributed by atoms with Crippen molar-refractivity contribution in [3.63, 3.8) is 0 Å². The van der Waals surface area contributed by atoms with Gasteiger partial charge in [-0.2, -0.15) is 0 Å². The van der Waals surface area contributed by atoms with Gasteiger partial charge in [0, 0.05) is 21.4 Å². The van der Waals surface area contributed by atoms with Crippen molar-refractivity contribution in [2.75, 3.05) is 11.9 Å². The molecule has 2 aromatic heterocycles. The van der Waals surface area contributed by atoms with Crippen LogP contribution in [-0.2, 0) is 16.0 Å². The van der Waals surface area contributed by atoms with Crippen LogP contribution in [0.4, 0.5) is 15.8 Å². The normalized spacial score (nSPS) is 18.5. The van der Waals surface area contributed by atoms with Crippen LogP contribution in [0.3, 0.4) is 0 Å². The van der Waals surface area contributed by atoms with E-state index in [4.69, 9.17) is 9.47 Å². The van der Waals surface area contributed by atoms with Crippen LogP contribution in [0.1, 0.15) is 13.8 Å². The SMILES string of the molecule is CC1(C)OC[C@@H](Cn2ccc3cncc(Nc4ccc(I)cc4F)c3c2=O)O1. The monoisotopic (exact) mass is 495 g/mol. The molecule has 1 N–H and O–H groups in total. The number of halogens is 2. The zero-order chi connectivity index (χ0) is 19.9. The zero-order valence-electron chi connectivity index (χ0n) is 15.4. The van der Waals surface area contributed by atoms with Gasteiger partial charge in [0.25, 0.3) is 5.56 Å². The Morgan fingerprint density at radius 2 is 2.14 bits per heavy atom. The molecule has 0 spiro atoms. The van der Waals surface area contributed by atoms with Crippen LogP contribution in [0, 0.1) is 9.39 Å². The second kappa shape index (κ2) is 7.41. The van der Waals surface area contributed by atoms with Crippen molar-refractivity contribution in [1.82, 2.24) is 9.55 Å². The van der Waals surface area contributed by atoms with E-state index in [9.17, 15) is 9.18 Å². The number of ether oxygens (including phenoxy) is 2. The maximum atomic E-state index is 14.3. The topological polar surface area (TPSA) is 65.4 Å². The molecule has 8 heteroatoms. The summed E-state index contributed by atoms with van der Waals surface area (Å²) >= 11 is 2.05. The van der Waals surface area contributed by atoms with Gasteiger partial charge in [-0.3, -0.25) is 9.78 Å².